The summed E-state index contributed by atoms with van der Waals surface area (Å²) < 4.78 is 6.26. The van der Waals surface area contributed by atoms with Gasteiger partial charge in [0.2, 0.25) is 11.8 Å². The van der Waals surface area contributed by atoms with Crippen molar-refractivity contribution < 1.29 is 29.0 Å². The highest BCUT2D eigenvalue weighted by molar-refractivity contribution is 9.13. The maximum Gasteiger partial charge on any atom is 0.233 e. The summed E-state index contributed by atoms with van der Waals surface area (Å²) in [4.78, 5) is 54.2. The lowest BCUT2D eigenvalue weighted by Crippen LogP contribution is -2.40. The first kappa shape index (κ1) is 24.2. The number of imide groups is 1. The summed E-state index contributed by atoms with van der Waals surface area (Å²) in [5.74, 6) is -2.80. The van der Waals surface area contributed by atoms with E-state index in [9.17, 15) is 24.3 Å². The molecule has 1 aromatic rings. The fourth-order valence-corrected chi connectivity index (χ4v) is 7.03. The highest BCUT2D eigenvalue weighted by atomic mass is 79.9. The van der Waals surface area contributed by atoms with Gasteiger partial charge in [-0.25, -0.2) is 0 Å². The zero-order valence-electron chi connectivity index (χ0n) is 19.4. The molecule has 9 heteroatoms. The molecule has 0 bridgehead atoms. The zero-order chi connectivity index (χ0) is 25.3. The molecule has 1 heterocycles. The first-order chi connectivity index (χ1) is 16.6. The van der Waals surface area contributed by atoms with Crippen molar-refractivity contribution in [1.29, 1.82) is 0 Å². The Kier molecular flexibility index (Phi) is 5.91. The quantitative estimate of drug-likeness (QED) is 0.312. The summed E-state index contributed by atoms with van der Waals surface area (Å²) in [6, 6.07) is 1.65. The molecule has 2 amide bonds. The van der Waals surface area contributed by atoms with E-state index in [1.54, 1.807) is 19.9 Å². The molecule has 1 N–H and O–H groups in total. The zero-order valence-corrected chi connectivity index (χ0v) is 22.5. The smallest absolute Gasteiger partial charge is 0.233 e. The van der Waals surface area contributed by atoms with Crippen molar-refractivity contribution in [3.8, 4) is 11.5 Å². The molecule has 1 aromatic carbocycles. The monoisotopic (exact) mass is 603 g/mol. The first-order valence-corrected chi connectivity index (χ1v) is 13.0. The van der Waals surface area contributed by atoms with Crippen molar-refractivity contribution in [3.05, 3.63) is 55.0 Å². The summed E-state index contributed by atoms with van der Waals surface area (Å²) in [5.41, 5.74) is 2.62. The Bertz CT molecular complexity index is 1320. The lowest BCUT2D eigenvalue weighted by Gasteiger charge is -2.42. The minimum absolute atomic E-state index is 0.0975. The maximum atomic E-state index is 13.5. The number of aromatic hydroxyl groups is 1. The van der Waals surface area contributed by atoms with Crippen molar-refractivity contribution in [2.24, 2.45) is 17.8 Å². The van der Waals surface area contributed by atoms with Crippen LogP contribution in [-0.2, 0) is 19.2 Å². The minimum atomic E-state index is -0.636. The van der Waals surface area contributed by atoms with E-state index in [1.165, 1.54) is 18.1 Å². The van der Waals surface area contributed by atoms with Gasteiger partial charge < -0.3 is 9.84 Å². The Hall–Kier alpha value is -2.52. The average molecular weight is 605 g/mol. The number of hydrogen-bond acceptors (Lipinski definition) is 6. The highest BCUT2D eigenvalue weighted by Crippen LogP contribution is 2.57. The van der Waals surface area contributed by atoms with Crippen LogP contribution in [0.4, 0.5) is 0 Å². The molecule has 0 aromatic heterocycles. The Balaban J connectivity index is 1.76. The summed E-state index contributed by atoms with van der Waals surface area (Å²) in [6.45, 7) is 3.70. The molecular weight excluding hydrogens is 582 g/mol. The Labute approximate surface area is 219 Å². The molecule has 4 atom stereocenters. The van der Waals surface area contributed by atoms with Crippen LogP contribution >= 0.6 is 31.9 Å². The first-order valence-electron chi connectivity index (χ1n) is 11.4. The van der Waals surface area contributed by atoms with Gasteiger partial charge in [0, 0.05) is 33.7 Å². The average Bonchev–Trinajstić information content (AvgIpc) is 3.09. The normalized spacial score (nSPS) is 28.0. The molecule has 1 fully saturated rings. The molecule has 0 unspecified atom stereocenters. The van der Waals surface area contributed by atoms with Gasteiger partial charge in [-0.2, -0.15) is 0 Å². The number of methoxy groups -OCH3 is 1. The number of hydrogen-bond donors (Lipinski definition) is 1. The van der Waals surface area contributed by atoms with E-state index in [4.69, 9.17) is 4.74 Å². The number of rotatable bonds is 3. The van der Waals surface area contributed by atoms with Crippen LogP contribution in [0.3, 0.4) is 0 Å². The van der Waals surface area contributed by atoms with Gasteiger partial charge in [0.05, 0.1) is 23.4 Å². The molecule has 1 aliphatic heterocycles. The Morgan fingerprint density at radius 3 is 2.49 bits per heavy atom. The molecule has 0 saturated carbocycles. The van der Waals surface area contributed by atoms with Crippen LogP contribution in [0.15, 0.2) is 49.5 Å². The van der Waals surface area contributed by atoms with Crippen LogP contribution in [0.2, 0.25) is 0 Å². The molecule has 3 aliphatic carbocycles. The molecule has 5 rings (SSSR count). The van der Waals surface area contributed by atoms with Crippen molar-refractivity contribution in [2.75, 3.05) is 13.7 Å². The second kappa shape index (κ2) is 8.55. The molecule has 7 nitrogen and oxygen atoms in total. The van der Waals surface area contributed by atoms with Gasteiger partial charge in [-0.3, -0.25) is 24.1 Å². The number of fused-ring (bicyclic) bond motifs is 3. The predicted molar refractivity (Wildman–Crippen MR) is 134 cm³/mol. The standard InChI is InChI=1S/C26H23Br2NO6/c1-4-29-25(33)12-6-5-11-13(19(12)26(29)34)8-14-16(30)7-10(2)23(31)20(14)18(11)15-9-17(35-3)24(32)22(28)21(15)27/h5,7,9,12-13,18-19,32H,4,6,8H2,1-3H3/t12-,13+,18+,19-/m0/s1. The van der Waals surface area contributed by atoms with E-state index in [-0.39, 0.29) is 47.2 Å². The van der Waals surface area contributed by atoms with Gasteiger partial charge in [0.25, 0.3) is 0 Å². The third-order valence-corrected chi connectivity index (χ3v) is 9.84. The lowest BCUT2D eigenvalue weighted by atomic mass is 9.59. The van der Waals surface area contributed by atoms with Crippen LogP contribution in [0.25, 0.3) is 0 Å². The van der Waals surface area contributed by atoms with Gasteiger partial charge in [-0.1, -0.05) is 11.6 Å². The number of phenols is 1. The predicted octanol–water partition coefficient (Wildman–Crippen LogP) is 4.38. The second-order valence-electron chi connectivity index (χ2n) is 9.29. The second-order valence-corrected chi connectivity index (χ2v) is 10.9. The number of carbonyl (C=O) groups excluding carboxylic acids is 4. The molecule has 0 radical (unpaired) electrons. The number of carbonyl (C=O) groups is 4. The van der Waals surface area contributed by atoms with Gasteiger partial charge in [-0.15, -0.1) is 0 Å². The van der Waals surface area contributed by atoms with Crippen LogP contribution < -0.4 is 4.74 Å². The third-order valence-electron chi connectivity index (χ3n) is 7.68. The fraction of sp³-hybridized carbons (Fsp3) is 0.385. The number of ketones is 2. The topological polar surface area (TPSA) is 101 Å². The van der Waals surface area contributed by atoms with Crippen LogP contribution in [0, 0.1) is 17.8 Å². The van der Waals surface area contributed by atoms with Gasteiger partial charge >= 0.3 is 0 Å². The van der Waals surface area contributed by atoms with Gasteiger partial charge in [-0.05, 0) is 82.2 Å². The van der Waals surface area contributed by atoms with Crippen molar-refractivity contribution >= 4 is 55.2 Å². The summed E-state index contributed by atoms with van der Waals surface area (Å²) >= 11 is 6.96. The van der Waals surface area contributed by atoms with Crippen LogP contribution in [0.5, 0.6) is 11.5 Å². The molecule has 1 saturated heterocycles. The Morgan fingerprint density at radius 2 is 1.83 bits per heavy atom. The summed E-state index contributed by atoms with van der Waals surface area (Å²) in [7, 11) is 1.43. The summed E-state index contributed by atoms with van der Waals surface area (Å²) in [6.07, 6.45) is 3.95. The van der Waals surface area contributed by atoms with E-state index in [0.717, 1.165) is 5.57 Å². The molecule has 4 aliphatic rings. The van der Waals surface area contributed by atoms with Crippen molar-refractivity contribution in [1.82, 2.24) is 4.90 Å². The number of ether oxygens (including phenoxy) is 1. The Morgan fingerprint density at radius 1 is 1.11 bits per heavy atom. The van der Waals surface area contributed by atoms with E-state index in [2.05, 4.69) is 31.9 Å². The summed E-state index contributed by atoms with van der Waals surface area (Å²) in [5, 5.41) is 10.5. The molecular formula is C26H23Br2NO6. The number of likely N-dealkylation sites (tertiary alicyclic amines) is 1. The van der Waals surface area contributed by atoms with Crippen LogP contribution in [-0.4, -0.2) is 47.0 Å². The lowest BCUT2D eigenvalue weighted by molar-refractivity contribution is -0.139. The number of allylic oxidation sites excluding steroid dienone is 6. The van der Waals surface area contributed by atoms with E-state index >= 15 is 0 Å². The number of amides is 2. The number of benzene rings is 1. The van der Waals surface area contributed by atoms with Crippen molar-refractivity contribution in [2.45, 2.75) is 32.6 Å². The van der Waals surface area contributed by atoms with E-state index in [1.807, 2.05) is 6.08 Å². The number of phenolic OH excluding ortho intramolecular Hbond substituents is 1. The third kappa shape index (κ3) is 3.34. The van der Waals surface area contributed by atoms with Gasteiger partial charge in [0.15, 0.2) is 23.1 Å². The molecule has 0 spiro atoms. The number of nitrogens with zero attached hydrogens (tertiary/aromatic N) is 1. The maximum absolute atomic E-state index is 13.5. The molecule has 35 heavy (non-hydrogen) atoms. The van der Waals surface area contributed by atoms with Crippen LogP contribution in [0.1, 0.15) is 38.2 Å². The fourth-order valence-electron chi connectivity index (χ4n) is 6.07. The number of halogens is 2. The number of Topliss-reactive ketones (excluding diaryl/α,β-unsaturated/α-hetero) is 1. The SMILES string of the molecule is CCN1C(=O)[C@H]2[C@H](CC=C3[C@H](c4cc(OC)c(O)c(Br)c4Br)C4=C(C[C@H]32)C(=O)C=C(C)C4=O)C1=O. The van der Waals surface area contributed by atoms with E-state index < -0.39 is 17.8 Å². The highest BCUT2D eigenvalue weighted by Gasteiger charge is 2.56. The molecule has 182 valence electrons. The van der Waals surface area contributed by atoms with E-state index in [0.29, 0.717) is 44.2 Å². The van der Waals surface area contributed by atoms with Gasteiger partial charge in [0.1, 0.15) is 0 Å². The minimum Gasteiger partial charge on any atom is -0.503 e. The van der Waals surface area contributed by atoms with Crippen molar-refractivity contribution in [3.63, 3.8) is 0 Å². The largest absolute Gasteiger partial charge is 0.503 e.